The van der Waals surface area contributed by atoms with Crippen molar-refractivity contribution in [3.8, 4) is 0 Å². The lowest BCUT2D eigenvalue weighted by Gasteiger charge is -2.31. The van der Waals surface area contributed by atoms with Crippen molar-refractivity contribution in [3.05, 3.63) is 12.7 Å². The maximum atomic E-state index is 6.03. The number of nitrogens with one attached hydrogen (secondary N) is 1. The molecule has 0 aliphatic heterocycles. The third kappa shape index (κ3) is 2.22. The summed E-state index contributed by atoms with van der Waals surface area (Å²) in [4.78, 5) is 3.15. The second-order valence-electron chi connectivity index (χ2n) is 2.56. The summed E-state index contributed by atoms with van der Waals surface area (Å²) in [5.41, 5.74) is 0. The summed E-state index contributed by atoms with van der Waals surface area (Å²) in [6.07, 6.45) is 1.86. The molecular weight excluding hydrogens is 142 g/mol. The van der Waals surface area contributed by atoms with Crippen molar-refractivity contribution < 1.29 is 0 Å². The summed E-state index contributed by atoms with van der Waals surface area (Å²) in [5, 5.41) is 6.03. The molecule has 0 bridgehead atoms. The van der Waals surface area contributed by atoms with Crippen LogP contribution in [0.15, 0.2) is 12.7 Å². The second-order valence-corrected chi connectivity index (χ2v) is 6.21. The van der Waals surface area contributed by atoms with E-state index in [0.29, 0.717) is 0 Å². The molecule has 1 unspecified atom stereocenters. The molecule has 0 saturated carbocycles. The zero-order valence-corrected chi connectivity index (χ0v) is 8.02. The Hall–Kier alpha value is -0.163. The van der Waals surface area contributed by atoms with Crippen LogP contribution in [0.2, 0.25) is 6.04 Å². The average molecular weight is 159 g/mol. The topological polar surface area (TPSA) is 41.3 Å². The Morgan fingerprint density at radius 1 is 1.70 bits per heavy atom. The molecule has 0 aliphatic carbocycles. The summed E-state index contributed by atoms with van der Waals surface area (Å²) >= 11 is 0. The number of nitrogens with two attached hydrogens (primary N) is 1. The molecular formula is C6H17N3Si. The molecule has 0 saturated heterocycles. The molecule has 0 radical (unpaired) electrons. The van der Waals surface area contributed by atoms with Crippen LogP contribution < -0.4 is 10.4 Å². The minimum absolute atomic E-state index is 0.872. The van der Waals surface area contributed by atoms with Crippen LogP contribution in [0.3, 0.4) is 0 Å². The van der Waals surface area contributed by atoms with E-state index in [2.05, 4.69) is 16.1 Å². The lowest BCUT2D eigenvalue weighted by atomic mass is 10.8. The predicted octanol–water partition coefficient (Wildman–Crippen LogP) is -0.149. The minimum Gasteiger partial charge on any atom is -0.326 e. The van der Waals surface area contributed by atoms with Crippen molar-refractivity contribution >= 4 is 8.56 Å². The summed E-state index contributed by atoms with van der Waals surface area (Å²) in [5.74, 6) is 0. The molecule has 10 heavy (non-hydrogen) atoms. The molecule has 0 amide bonds. The van der Waals surface area contributed by atoms with E-state index in [4.69, 9.17) is 5.40 Å². The van der Waals surface area contributed by atoms with Gasteiger partial charge in [0, 0.05) is 6.04 Å². The van der Waals surface area contributed by atoms with Crippen LogP contribution in [0.25, 0.3) is 0 Å². The van der Waals surface area contributed by atoms with E-state index in [1.807, 2.05) is 27.2 Å². The Labute approximate surface area is 64.1 Å². The van der Waals surface area contributed by atoms with Gasteiger partial charge in [-0.3, -0.25) is 0 Å². The number of rotatable bonds is 4. The molecule has 3 nitrogen and oxygen atoms in total. The van der Waals surface area contributed by atoms with Gasteiger partial charge in [-0.05, 0) is 21.1 Å². The van der Waals surface area contributed by atoms with Gasteiger partial charge in [-0.1, -0.05) is 6.08 Å². The first-order valence-corrected chi connectivity index (χ1v) is 5.56. The molecule has 0 aromatic carbocycles. The highest BCUT2D eigenvalue weighted by Gasteiger charge is 2.28. The van der Waals surface area contributed by atoms with Gasteiger partial charge in [0.05, 0.1) is 0 Å². The lowest BCUT2D eigenvalue weighted by Crippen LogP contribution is -2.67. The molecule has 0 aromatic heterocycles. The van der Waals surface area contributed by atoms with Gasteiger partial charge in [-0.15, -0.1) is 6.58 Å². The van der Waals surface area contributed by atoms with Gasteiger partial charge in [0.15, 0.2) is 0 Å². The van der Waals surface area contributed by atoms with Crippen LogP contribution in [-0.4, -0.2) is 34.3 Å². The fourth-order valence-electron chi connectivity index (χ4n) is 0.728. The molecule has 1 atom stereocenters. The summed E-state index contributed by atoms with van der Waals surface area (Å²) in [6, 6.07) is 0.872. The van der Waals surface area contributed by atoms with Crippen LogP contribution in [0.5, 0.6) is 0 Å². The van der Waals surface area contributed by atoms with Crippen molar-refractivity contribution in [2.75, 3.05) is 21.1 Å². The minimum atomic E-state index is -1.84. The molecule has 0 aliphatic rings. The Bertz CT molecular complexity index is 116. The zero-order valence-electron chi connectivity index (χ0n) is 7.02. The molecule has 0 heterocycles. The molecule has 0 rings (SSSR count). The maximum absolute atomic E-state index is 6.03. The first kappa shape index (κ1) is 9.84. The van der Waals surface area contributed by atoms with Crippen LogP contribution in [0.1, 0.15) is 0 Å². The van der Waals surface area contributed by atoms with Crippen molar-refractivity contribution in [3.63, 3.8) is 0 Å². The Morgan fingerprint density at radius 2 is 2.20 bits per heavy atom. The van der Waals surface area contributed by atoms with Crippen LogP contribution in [0.4, 0.5) is 0 Å². The van der Waals surface area contributed by atoms with E-state index in [9.17, 15) is 0 Å². The van der Waals surface area contributed by atoms with Gasteiger partial charge in [-0.2, -0.15) is 0 Å². The van der Waals surface area contributed by atoms with Crippen LogP contribution in [-0.2, 0) is 0 Å². The highest BCUT2D eigenvalue weighted by atomic mass is 28.4. The van der Waals surface area contributed by atoms with Crippen molar-refractivity contribution in [1.82, 2.24) is 9.55 Å². The van der Waals surface area contributed by atoms with E-state index in [-0.39, 0.29) is 0 Å². The fraction of sp³-hybridized carbons (Fsp3) is 0.667. The Morgan fingerprint density at radius 3 is 2.30 bits per heavy atom. The SMILES string of the molecule is C=CC[Si](N)(NC)N(C)C. The fourth-order valence-corrected chi connectivity index (χ4v) is 2.18. The van der Waals surface area contributed by atoms with Crippen LogP contribution in [0, 0.1) is 0 Å². The van der Waals surface area contributed by atoms with E-state index in [1.54, 1.807) is 0 Å². The van der Waals surface area contributed by atoms with Gasteiger partial charge in [0.2, 0.25) is 0 Å². The van der Waals surface area contributed by atoms with Gasteiger partial charge in [-0.25, -0.2) is 0 Å². The van der Waals surface area contributed by atoms with Gasteiger partial charge in [0.25, 0.3) is 8.56 Å². The largest absolute Gasteiger partial charge is 0.326 e. The molecule has 0 spiro atoms. The van der Waals surface area contributed by atoms with E-state index >= 15 is 0 Å². The summed E-state index contributed by atoms with van der Waals surface area (Å²) in [6.45, 7) is 3.66. The van der Waals surface area contributed by atoms with Gasteiger partial charge in [0.1, 0.15) is 0 Å². The quantitative estimate of drug-likeness (QED) is 0.443. The monoisotopic (exact) mass is 159 g/mol. The standard InChI is InChI=1S/C6H17N3Si/c1-5-6-10(7,8-2)9(3)4/h5,8H,1,6-7H2,2-4H3. The smallest absolute Gasteiger partial charge is 0.284 e. The highest BCUT2D eigenvalue weighted by Crippen LogP contribution is 2.00. The zero-order chi connectivity index (χ0) is 8.20. The normalized spacial score (nSPS) is 16.9. The third-order valence-corrected chi connectivity index (χ3v) is 5.06. The third-order valence-electron chi connectivity index (χ3n) is 1.69. The summed E-state index contributed by atoms with van der Waals surface area (Å²) in [7, 11) is 4.05. The number of nitrogens with zero attached hydrogens (tertiary/aromatic N) is 1. The van der Waals surface area contributed by atoms with Crippen LogP contribution >= 0.6 is 0 Å². The molecule has 3 N–H and O–H groups in total. The van der Waals surface area contributed by atoms with E-state index in [0.717, 1.165) is 6.04 Å². The molecule has 60 valence electrons. The lowest BCUT2D eigenvalue weighted by molar-refractivity contribution is 0.592. The van der Waals surface area contributed by atoms with Gasteiger partial charge >= 0.3 is 0 Å². The second kappa shape index (κ2) is 3.87. The van der Waals surface area contributed by atoms with E-state index < -0.39 is 8.56 Å². The predicted molar refractivity (Wildman–Crippen MR) is 47.7 cm³/mol. The number of hydrogen-bond acceptors (Lipinski definition) is 3. The first-order chi connectivity index (χ1) is 4.56. The first-order valence-electron chi connectivity index (χ1n) is 3.33. The molecule has 4 heteroatoms. The maximum Gasteiger partial charge on any atom is 0.284 e. The summed E-state index contributed by atoms with van der Waals surface area (Å²) < 4.78 is 2.06. The molecule has 0 fully saturated rings. The number of allylic oxidation sites excluding steroid dienone is 1. The highest BCUT2D eigenvalue weighted by molar-refractivity contribution is 6.71. The van der Waals surface area contributed by atoms with Crippen molar-refractivity contribution in [2.24, 2.45) is 5.40 Å². The van der Waals surface area contributed by atoms with Gasteiger partial charge < -0.3 is 14.9 Å². The number of hydrogen-bond donors (Lipinski definition) is 2. The van der Waals surface area contributed by atoms with Crippen molar-refractivity contribution in [2.45, 2.75) is 6.04 Å². The molecule has 0 aromatic rings. The van der Waals surface area contributed by atoms with Crippen molar-refractivity contribution in [1.29, 1.82) is 0 Å². The van der Waals surface area contributed by atoms with E-state index in [1.165, 1.54) is 0 Å². The average Bonchev–Trinajstić information content (AvgIpc) is 1.88. The Kier molecular flexibility index (Phi) is 3.81. The Balaban J connectivity index is 4.07.